The van der Waals surface area contributed by atoms with E-state index in [4.69, 9.17) is 0 Å². The second kappa shape index (κ2) is 2.74. The molecule has 0 bridgehead atoms. The first-order valence-corrected chi connectivity index (χ1v) is 5.08. The van der Waals surface area contributed by atoms with E-state index < -0.39 is 0 Å². The summed E-state index contributed by atoms with van der Waals surface area (Å²) in [5.74, 6) is 0. The minimum Gasteiger partial charge on any atom is -0.341 e. The molecule has 0 N–H and O–H groups in total. The van der Waals surface area contributed by atoms with E-state index in [-0.39, 0.29) is 0 Å². The summed E-state index contributed by atoms with van der Waals surface area (Å²) in [5, 5.41) is 1.36. The number of fused-ring (bicyclic) bond motifs is 3. The third-order valence-corrected chi connectivity index (χ3v) is 3.01. The topological polar surface area (TPSA) is 4.93 Å². The largest absolute Gasteiger partial charge is 0.341 e. The summed E-state index contributed by atoms with van der Waals surface area (Å²) in [6.07, 6.45) is 2.30. The van der Waals surface area contributed by atoms with Crippen LogP contribution in [0, 0.1) is 0 Å². The maximum Gasteiger partial charge on any atom is 0.0485 e. The SMILES string of the molecule is C=C1CCc2cc3ccccc3n2C1. The van der Waals surface area contributed by atoms with Gasteiger partial charge in [0.1, 0.15) is 0 Å². The van der Waals surface area contributed by atoms with Crippen molar-refractivity contribution in [2.45, 2.75) is 19.4 Å². The number of aryl methyl sites for hydroxylation is 1. The molecule has 1 aliphatic heterocycles. The summed E-state index contributed by atoms with van der Waals surface area (Å²) in [6.45, 7) is 5.08. The van der Waals surface area contributed by atoms with E-state index in [0.29, 0.717) is 0 Å². The van der Waals surface area contributed by atoms with Crippen molar-refractivity contribution in [3.05, 3.63) is 48.2 Å². The van der Waals surface area contributed by atoms with Gasteiger partial charge in [0.25, 0.3) is 0 Å². The third-order valence-electron chi connectivity index (χ3n) is 3.01. The lowest BCUT2D eigenvalue weighted by atomic mass is 10.1. The first-order valence-electron chi connectivity index (χ1n) is 5.08. The van der Waals surface area contributed by atoms with E-state index in [0.717, 1.165) is 19.4 Å². The molecule has 2 aromatic rings. The summed E-state index contributed by atoms with van der Waals surface area (Å²) in [4.78, 5) is 0. The van der Waals surface area contributed by atoms with Crippen LogP contribution in [0.2, 0.25) is 0 Å². The van der Waals surface area contributed by atoms with Gasteiger partial charge in [0.15, 0.2) is 0 Å². The summed E-state index contributed by atoms with van der Waals surface area (Å²) in [6, 6.07) is 10.9. The normalized spacial score (nSPS) is 15.9. The molecule has 0 spiro atoms. The van der Waals surface area contributed by atoms with Crippen molar-refractivity contribution in [1.29, 1.82) is 0 Å². The van der Waals surface area contributed by atoms with Crippen molar-refractivity contribution in [2.75, 3.05) is 0 Å². The van der Waals surface area contributed by atoms with Crippen LogP contribution >= 0.6 is 0 Å². The molecule has 1 nitrogen and oxygen atoms in total. The van der Waals surface area contributed by atoms with Gasteiger partial charge >= 0.3 is 0 Å². The van der Waals surface area contributed by atoms with Gasteiger partial charge in [-0.3, -0.25) is 0 Å². The van der Waals surface area contributed by atoms with E-state index in [1.807, 2.05) is 0 Å². The number of hydrogen-bond acceptors (Lipinski definition) is 0. The van der Waals surface area contributed by atoms with Gasteiger partial charge in [0.2, 0.25) is 0 Å². The fourth-order valence-electron chi connectivity index (χ4n) is 2.27. The molecule has 0 radical (unpaired) electrons. The van der Waals surface area contributed by atoms with Crippen LogP contribution in [0.25, 0.3) is 10.9 Å². The van der Waals surface area contributed by atoms with Gasteiger partial charge in [0.05, 0.1) is 0 Å². The summed E-state index contributed by atoms with van der Waals surface area (Å²) in [7, 11) is 0. The Morgan fingerprint density at radius 2 is 2.00 bits per heavy atom. The van der Waals surface area contributed by atoms with Crippen molar-refractivity contribution in [3.63, 3.8) is 0 Å². The Bertz CT molecular complexity index is 505. The van der Waals surface area contributed by atoms with Crippen molar-refractivity contribution in [3.8, 4) is 0 Å². The molecule has 14 heavy (non-hydrogen) atoms. The minimum atomic E-state index is 1.00. The Labute approximate surface area is 83.7 Å². The lowest BCUT2D eigenvalue weighted by Crippen LogP contribution is -2.11. The average Bonchev–Trinajstić information content (AvgIpc) is 2.56. The number of allylic oxidation sites excluding steroid dienone is 1. The first kappa shape index (κ1) is 7.86. The maximum absolute atomic E-state index is 4.08. The molecule has 70 valence electrons. The molecule has 1 aromatic carbocycles. The number of benzene rings is 1. The molecule has 0 unspecified atom stereocenters. The Morgan fingerprint density at radius 1 is 1.14 bits per heavy atom. The molecule has 0 atom stereocenters. The molecule has 2 heterocycles. The zero-order valence-corrected chi connectivity index (χ0v) is 8.16. The van der Waals surface area contributed by atoms with E-state index in [1.165, 1.54) is 22.2 Å². The van der Waals surface area contributed by atoms with Gasteiger partial charge in [-0.15, -0.1) is 0 Å². The van der Waals surface area contributed by atoms with Crippen LogP contribution in [0.15, 0.2) is 42.5 Å². The molecule has 1 aliphatic rings. The Kier molecular flexibility index (Phi) is 1.54. The zero-order chi connectivity index (χ0) is 9.54. The molecule has 0 fully saturated rings. The average molecular weight is 183 g/mol. The number of aromatic nitrogens is 1. The van der Waals surface area contributed by atoms with Gasteiger partial charge in [-0.05, 0) is 30.4 Å². The summed E-state index contributed by atoms with van der Waals surface area (Å²) < 4.78 is 2.39. The number of nitrogens with zero attached hydrogens (tertiary/aromatic N) is 1. The quantitative estimate of drug-likeness (QED) is 0.553. The van der Waals surface area contributed by atoms with Crippen LogP contribution in [-0.2, 0) is 13.0 Å². The van der Waals surface area contributed by atoms with Crippen molar-refractivity contribution < 1.29 is 0 Å². The monoisotopic (exact) mass is 183 g/mol. The Hall–Kier alpha value is -1.50. The Balaban J connectivity index is 2.30. The fourth-order valence-corrected chi connectivity index (χ4v) is 2.27. The second-order valence-corrected chi connectivity index (χ2v) is 4.03. The standard InChI is InChI=1S/C13H13N/c1-10-6-7-12-8-11-4-2-3-5-13(11)14(12)9-10/h2-5,8H,1,6-7,9H2. The number of para-hydroxylation sites is 1. The molecule has 1 heteroatoms. The zero-order valence-electron chi connectivity index (χ0n) is 8.16. The van der Waals surface area contributed by atoms with Gasteiger partial charge < -0.3 is 4.57 Å². The smallest absolute Gasteiger partial charge is 0.0485 e. The maximum atomic E-state index is 4.08. The molecular formula is C13H13N. The highest BCUT2D eigenvalue weighted by atomic mass is 15.0. The number of rotatable bonds is 0. The summed E-state index contributed by atoms with van der Waals surface area (Å²) in [5.41, 5.74) is 4.15. The second-order valence-electron chi connectivity index (χ2n) is 4.03. The van der Waals surface area contributed by atoms with Crippen molar-refractivity contribution >= 4 is 10.9 Å². The van der Waals surface area contributed by atoms with Gasteiger partial charge in [0, 0.05) is 17.8 Å². The number of hydrogen-bond donors (Lipinski definition) is 0. The predicted molar refractivity (Wildman–Crippen MR) is 59.4 cm³/mol. The van der Waals surface area contributed by atoms with Gasteiger partial charge in [-0.25, -0.2) is 0 Å². The summed E-state index contributed by atoms with van der Waals surface area (Å²) >= 11 is 0. The van der Waals surface area contributed by atoms with E-state index in [2.05, 4.69) is 41.5 Å². The van der Waals surface area contributed by atoms with Crippen LogP contribution < -0.4 is 0 Å². The lowest BCUT2D eigenvalue weighted by molar-refractivity contribution is 0.662. The van der Waals surface area contributed by atoms with Crippen LogP contribution in [-0.4, -0.2) is 4.57 Å². The molecule has 3 rings (SSSR count). The van der Waals surface area contributed by atoms with E-state index >= 15 is 0 Å². The van der Waals surface area contributed by atoms with Gasteiger partial charge in [-0.1, -0.05) is 30.4 Å². The molecule has 1 aromatic heterocycles. The van der Waals surface area contributed by atoms with Crippen LogP contribution in [0.3, 0.4) is 0 Å². The fraction of sp³-hybridized carbons (Fsp3) is 0.231. The molecule has 0 saturated heterocycles. The van der Waals surface area contributed by atoms with E-state index in [9.17, 15) is 0 Å². The molecule has 0 amide bonds. The Morgan fingerprint density at radius 3 is 2.93 bits per heavy atom. The highest BCUT2D eigenvalue weighted by Crippen LogP contribution is 2.26. The predicted octanol–water partition coefficient (Wildman–Crippen LogP) is 3.14. The van der Waals surface area contributed by atoms with Crippen molar-refractivity contribution in [1.82, 2.24) is 4.57 Å². The van der Waals surface area contributed by atoms with E-state index in [1.54, 1.807) is 0 Å². The van der Waals surface area contributed by atoms with Gasteiger partial charge in [-0.2, -0.15) is 0 Å². The van der Waals surface area contributed by atoms with Crippen LogP contribution in [0.5, 0.6) is 0 Å². The first-order chi connectivity index (χ1) is 6.84. The van der Waals surface area contributed by atoms with Crippen molar-refractivity contribution in [2.24, 2.45) is 0 Å². The highest BCUT2D eigenvalue weighted by molar-refractivity contribution is 5.81. The van der Waals surface area contributed by atoms with Crippen LogP contribution in [0.1, 0.15) is 12.1 Å². The van der Waals surface area contributed by atoms with Crippen LogP contribution in [0.4, 0.5) is 0 Å². The molecule has 0 aliphatic carbocycles. The lowest BCUT2D eigenvalue weighted by Gasteiger charge is -2.18. The molecule has 0 saturated carbocycles. The molecular weight excluding hydrogens is 170 g/mol. The highest BCUT2D eigenvalue weighted by Gasteiger charge is 2.13. The minimum absolute atomic E-state index is 1.00. The third kappa shape index (κ3) is 1.02.